The molecule has 0 radical (unpaired) electrons. The maximum Gasteiger partial charge on any atom is 0.122 e. The number of aliphatic hydroxyl groups excluding tert-OH is 1. The number of unbranched alkanes of at least 4 members (excludes halogenated alkanes) is 6. The van der Waals surface area contributed by atoms with E-state index in [1.165, 1.54) is 50.5 Å². The van der Waals surface area contributed by atoms with Crippen LogP contribution >= 0.6 is 0 Å². The van der Waals surface area contributed by atoms with Gasteiger partial charge in [0.1, 0.15) is 12.4 Å². The van der Waals surface area contributed by atoms with E-state index in [0.29, 0.717) is 6.61 Å². The standard InChI is InChI=1S/C18H30O2/c1-3-4-5-6-7-8-9-12-17-13-10-11-14-18(17)20-15-16(2)19/h10-11,13-14,16,19H,3-9,12,15H2,1-2H3. The van der Waals surface area contributed by atoms with Gasteiger partial charge in [0.15, 0.2) is 0 Å². The fourth-order valence-electron chi connectivity index (χ4n) is 2.33. The van der Waals surface area contributed by atoms with Crippen molar-refractivity contribution in [1.82, 2.24) is 0 Å². The van der Waals surface area contributed by atoms with E-state index in [-0.39, 0.29) is 0 Å². The van der Waals surface area contributed by atoms with Gasteiger partial charge in [-0.1, -0.05) is 63.6 Å². The Balaban J connectivity index is 2.25. The Morgan fingerprint density at radius 1 is 1.00 bits per heavy atom. The fourth-order valence-corrected chi connectivity index (χ4v) is 2.33. The van der Waals surface area contributed by atoms with Gasteiger partial charge in [-0.05, 0) is 31.4 Å². The monoisotopic (exact) mass is 278 g/mol. The molecule has 0 amide bonds. The van der Waals surface area contributed by atoms with Crippen molar-refractivity contribution in [3.05, 3.63) is 29.8 Å². The summed E-state index contributed by atoms with van der Waals surface area (Å²) in [5, 5.41) is 9.30. The predicted molar refractivity (Wildman–Crippen MR) is 85.3 cm³/mol. The highest BCUT2D eigenvalue weighted by Crippen LogP contribution is 2.21. The average molecular weight is 278 g/mol. The molecule has 1 rings (SSSR count). The van der Waals surface area contributed by atoms with E-state index in [2.05, 4.69) is 19.1 Å². The molecule has 0 aliphatic heterocycles. The smallest absolute Gasteiger partial charge is 0.122 e. The first-order chi connectivity index (χ1) is 9.74. The third kappa shape index (κ3) is 7.54. The number of para-hydroxylation sites is 1. The third-order valence-corrected chi connectivity index (χ3v) is 3.50. The number of hydrogen-bond acceptors (Lipinski definition) is 2. The van der Waals surface area contributed by atoms with Gasteiger partial charge < -0.3 is 9.84 Å². The van der Waals surface area contributed by atoms with Gasteiger partial charge in [0, 0.05) is 0 Å². The molecule has 2 heteroatoms. The molecule has 0 fully saturated rings. The first kappa shape index (κ1) is 17.0. The quantitative estimate of drug-likeness (QED) is 0.592. The summed E-state index contributed by atoms with van der Waals surface area (Å²) in [6, 6.07) is 8.19. The molecule has 1 unspecified atom stereocenters. The van der Waals surface area contributed by atoms with E-state index in [0.717, 1.165) is 12.2 Å². The lowest BCUT2D eigenvalue weighted by atomic mass is 10.0. The fraction of sp³-hybridized carbons (Fsp3) is 0.667. The van der Waals surface area contributed by atoms with Crippen LogP contribution in [0.5, 0.6) is 5.75 Å². The third-order valence-electron chi connectivity index (χ3n) is 3.50. The zero-order valence-electron chi connectivity index (χ0n) is 13.1. The summed E-state index contributed by atoms with van der Waals surface area (Å²) in [5.74, 6) is 0.930. The van der Waals surface area contributed by atoms with Crippen LogP contribution in [0.15, 0.2) is 24.3 Å². The van der Waals surface area contributed by atoms with Crippen LogP contribution in [0.2, 0.25) is 0 Å². The zero-order valence-corrected chi connectivity index (χ0v) is 13.1. The molecule has 0 bridgehead atoms. The molecule has 1 aromatic rings. The summed E-state index contributed by atoms with van der Waals surface area (Å²) in [6.45, 7) is 4.37. The molecule has 0 saturated carbocycles. The minimum atomic E-state index is -0.415. The van der Waals surface area contributed by atoms with Crippen LogP contribution in [0, 0.1) is 0 Å². The molecule has 0 heterocycles. The van der Waals surface area contributed by atoms with E-state index < -0.39 is 6.10 Å². The normalized spacial score (nSPS) is 12.3. The van der Waals surface area contributed by atoms with Crippen molar-refractivity contribution in [3.63, 3.8) is 0 Å². The topological polar surface area (TPSA) is 29.5 Å². The minimum Gasteiger partial charge on any atom is -0.491 e. The van der Waals surface area contributed by atoms with Gasteiger partial charge in [0.2, 0.25) is 0 Å². The Kier molecular flexibility index (Phi) is 9.14. The first-order valence-corrected chi connectivity index (χ1v) is 8.12. The zero-order chi connectivity index (χ0) is 14.6. The van der Waals surface area contributed by atoms with E-state index in [1.807, 2.05) is 12.1 Å². The number of rotatable bonds is 11. The van der Waals surface area contributed by atoms with Crippen LogP contribution < -0.4 is 4.74 Å². The van der Waals surface area contributed by atoms with E-state index in [4.69, 9.17) is 4.74 Å². The van der Waals surface area contributed by atoms with Gasteiger partial charge in [-0.15, -0.1) is 0 Å². The van der Waals surface area contributed by atoms with Crippen molar-refractivity contribution in [2.24, 2.45) is 0 Å². The summed E-state index contributed by atoms with van der Waals surface area (Å²) in [4.78, 5) is 0. The van der Waals surface area contributed by atoms with Crippen molar-refractivity contribution in [3.8, 4) is 5.75 Å². The Morgan fingerprint density at radius 3 is 2.35 bits per heavy atom. The highest BCUT2D eigenvalue weighted by molar-refractivity contribution is 5.33. The Hall–Kier alpha value is -1.02. The van der Waals surface area contributed by atoms with Crippen molar-refractivity contribution < 1.29 is 9.84 Å². The summed E-state index contributed by atoms with van der Waals surface area (Å²) in [5.41, 5.74) is 1.27. The largest absolute Gasteiger partial charge is 0.491 e. The number of aryl methyl sites for hydroxylation is 1. The number of hydrogen-bond donors (Lipinski definition) is 1. The summed E-state index contributed by atoms with van der Waals surface area (Å²) in [7, 11) is 0. The summed E-state index contributed by atoms with van der Waals surface area (Å²) >= 11 is 0. The second kappa shape index (κ2) is 10.7. The number of benzene rings is 1. The molecule has 2 nitrogen and oxygen atoms in total. The number of aliphatic hydroxyl groups is 1. The molecule has 0 aromatic heterocycles. The minimum absolute atomic E-state index is 0.369. The molecule has 1 N–H and O–H groups in total. The highest BCUT2D eigenvalue weighted by atomic mass is 16.5. The van der Waals surface area contributed by atoms with Gasteiger partial charge >= 0.3 is 0 Å². The second-order valence-corrected chi connectivity index (χ2v) is 5.64. The molecular weight excluding hydrogens is 248 g/mol. The van der Waals surface area contributed by atoms with Crippen molar-refractivity contribution in [1.29, 1.82) is 0 Å². The van der Waals surface area contributed by atoms with Crippen LogP contribution in [-0.2, 0) is 6.42 Å². The lowest BCUT2D eigenvalue weighted by Gasteiger charge is -2.12. The molecule has 0 saturated heterocycles. The Morgan fingerprint density at radius 2 is 1.65 bits per heavy atom. The molecular formula is C18H30O2. The summed E-state index contributed by atoms with van der Waals surface area (Å²) in [6.07, 6.45) is 9.96. The van der Waals surface area contributed by atoms with Crippen LogP contribution in [0.3, 0.4) is 0 Å². The summed E-state index contributed by atoms with van der Waals surface area (Å²) < 4.78 is 5.66. The molecule has 1 aromatic carbocycles. The van der Waals surface area contributed by atoms with Crippen LogP contribution in [0.25, 0.3) is 0 Å². The van der Waals surface area contributed by atoms with Gasteiger partial charge in [0.05, 0.1) is 6.10 Å². The average Bonchev–Trinajstić information content (AvgIpc) is 2.45. The SMILES string of the molecule is CCCCCCCCCc1ccccc1OCC(C)O. The molecule has 114 valence electrons. The van der Waals surface area contributed by atoms with Gasteiger partial charge in [-0.25, -0.2) is 0 Å². The van der Waals surface area contributed by atoms with Crippen LogP contribution in [0.1, 0.15) is 64.4 Å². The first-order valence-electron chi connectivity index (χ1n) is 8.12. The van der Waals surface area contributed by atoms with E-state index >= 15 is 0 Å². The van der Waals surface area contributed by atoms with Crippen LogP contribution in [-0.4, -0.2) is 17.8 Å². The maximum absolute atomic E-state index is 9.30. The van der Waals surface area contributed by atoms with Gasteiger partial charge in [-0.3, -0.25) is 0 Å². The molecule has 20 heavy (non-hydrogen) atoms. The molecule has 0 spiro atoms. The Bertz CT molecular complexity index is 347. The molecule has 1 atom stereocenters. The lowest BCUT2D eigenvalue weighted by Crippen LogP contribution is -2.13. The maximum atomic E-state index is 9.30. The molecule has 0 aliphatic carbocycles. The highest BCUT2D eigenvalue weighted by Gasteiger charge is 2.04. The predicted octanol–water partition coefficient (Wildman–Crippen LogP) is 4.74. The van der Waals surface area contributed by atoms with E-state index in [9.17, 15) is 5.11 Å². The lowest BCUT2D eigenvalue weighted by molar-refractivity contribution is 0.122. The number of ether oxygens (including phenoxy) is 1. The molecule has 0 aliphatic rings. The van der Waals surface area contributed by atoms with E-state index in [1.54, 1.807) is 6.92 Å². The second-order valence-electron chi connectivity index (χ2n) is 5.64. The van der Waals surface area contributed by atoms with Crippen LogP contribution in [0.4, 0.5) is 0 Å². The van der Waals surface area contributed by atoms with Gasteiger partial charge in [0.25, 0.3) is 0 Å². The Labute approximate surface area is 124 Å². The van der Waals surface area contributed by atoms with Crippen molar-refractivity contribution in [2.45, 2.75) is 71.3 Å². The van der Waals surface area contributed by atoms with Crippen molar-refractivity contribution in [2.75, 3.05) is 6.61 Å². The van der Waals surface area contributed by atoms with Crippen molar-refractivity contribution >= 4 is 0 Å². The van der Waals surface area contributed by atoms with Gasteiger partial charge in [-0.2, -0.15) is 0 Å².